The molecule has 98 valence electrons. The number of aryl methyl sites for hydroxylation is 1. The number of ether oxygens (including phenoxy) is 1. The van der Waals surface area contributed by atoms with Crippen molar-refractivity contribution in [2.45, 2.75) is 13.5 Å². The number of rotatable bonds is 3. The Morgan fingerprint density at radius 3 is 2.68 bits per heavy atom. The predicted octanol–water partition coefficient (Wildman–Crippen LogP) is 3.07. The van der Waals surface area contributed by atoms with Crippen LogP contribution >= 0.6 is 0 Å². The first-order chi connectivity index (χ1) is 9.08. The maximum atomic E-state index is 13.0. The molecule has 2 rings (SSSR count). The first-order valence-electron chi connectivity index (χ1n) is 5.84. The van der Waals surface area contributed by atoms with Crippen molar-refractivity contribution in [1.29, 1.82) is 0 Å². The zero-order valence-electron chi connectivity index (χ0n) is 10.5. The fourth-order valence-corrected chi connectivity index (χ4v) is 1.82. The fourth-order valence-electron chi connectivity index (χ4n) is 1.82. The molecule has 3 nitrogen and oxygen atoms in total. The van der Waals surface area contributed by atoms with Crippen LogP contribution in [0.5, 0.6) is 0 Å². The van der Waals surface area contributed by atoms with Crippen LogP contribution in [0.4, 0.5) is 10.1 Å². The highest BCUT2D eigenvalue weighted by molar-refractivity contribution is 5.96. The Labute approximate surface area is 110 Å². The SMILES string of the molecule is Cc1cccc(N)c1C(=O)OCc1cccc(F)c1. The molecule has 0 saturated heterocycles. The first-order valence-corrected chi connectivity index (χ1v) is 5.84. The van der Waals surface area contributed by atoms with Crippen LogP contribution in [0.2, 0.25) is 0 Å². The van der Waals surface area contributed by atoms with Gasteiger partial charge in [0.15, 0.2) is 0 Å². The van der Waals surface area contributed by atoms with E-state index in [4.69, 9.17) is 10.5 Å². The van der Waals surface area contributed by atoms with Gasteiger partial charge >= 0.3 is 5.97 Å². The lowest BCUT2D eigenvalue weighted by Gasteiger charge is -2.09. The van der Waals surface area contributed by atoms with E-state index >= 15 is 0 Å². The van der Waals surface area contributed by atoms with E-state index in [-0.39, 0.29) is 12.4 Å². The molecule has 0 fully saturated rings. The highest BCUT2D eigenvalue weighted by Crippen LogP contribution is 2.18. The molecule has 0 atom stereocenters. The van der Waals surface area contributed by atoms with E-state index in [0.29, 0.717) is 16.8 Å². The zero-order chi connectivity index (χ0) is 13.8. The van der Waals surface area contributed by atoms with Gasteiger partial charge in [-0.15, -0.1) is 0 Å². The van der Waals surface area contributed by atoms with Crippen LogP contribution in [0.15, 0.2) is 42.5 Å². The molecule has 0 saturated carbocycles. The van der Waals surface area contributed by atoms with Crippen LogP contribution < -0.4 is 5.73 Å². The lowest BCUT2D eigenvalue weighted by molar-refractivity contribution is 0.0473. The Bertz CT molecular complexity index is 591. The molecule has 0 bridgehead atoms. The van der Waals surface area contributed by atoms with Crippen molar-refractivity contribution in [2.24, 2.45) is 0 Å². The van der Waals surface area contributed by atoms with Gasteiger partial charge in [0.2, 0.25) is 0 Å². The van der Waals surface area contributed by atoms with Crippen molar-refractivity contribution in [2.75, 3.05) is 5.73 Å². The van der Waals surface area contributed by atoms with Crippen LogP contribution in [0, 0.1) is 12.7 Å². The lowest BCUT2D eigenvalue weighted by Crippen LogP contribution is -2.10. The number of hydrogen-bond acceptors (Lipinski definition) is 3. The summed E-state index contributed by atoms with van der Waals surface area (Å²) in [5.41, 5.74) is 7.85. The molecule has 0 aliphatic rings. The second-order valence-electron chi connectivity index (χ2n) is 4.25. The summed E-state index contributed by atoms with van der Waals surface area (Å²) in [5.74, 6) is -0.858. The standard InChI is InChI=1S/C15H14FNO2/c1-10-4-2-7-13(17)14(10)15(18)19-9-11-5-3-6-12(16)8-11/h2-8H,9,17H2,1H3. The van der Waals surface area contributed by atoms with Crippen molar-refractivity contribution in [1.82, 2.24) is 0 Å². The predicted molar refractivity (Wildman–Crippen MR) is 71.1 cm³/mol. The van der Waals surface area contributed by atoms with Gasteiger partial charge in [0.1, 0.15) is 12.4 Å². The molecule has 0 aromatic heterocycles. The van der Waals surface area contributed by atoms with E-state index in [0.717, 1.165) is 5.56 Å². The van der Waals surface area contributed by atoms with Gasteiger partial charge in [-0.3, -0.25) is 0 Å². The first kappa shape index (κ1) is 13.1. The summed E-state index contributed by atoms with van der Waals surface area (Å²) in [6, 6.07) is 11.1. The third-order valence-corrected chi connectivity index (χ3v) is 2.77. The Morgan fingerprint density at radius 2 is 2.00 bits per heavy atom. The number of hydrogen-bond donors (Lipinski definition) is 1. The summed E-state index contributed by atoms with van der Waals surface area (Å²) in [7, 11) is 0. The van der Waals surface area contributed by atoms with Gasteiger partial charge in [0, 0.05) is 5.69 Å². The summed E-state index contributed by atoms with van der Waals surface area (Å²) in [6.07, 6.45) is 0. The number of benzene rings is 2. The molecule has 0 unspecified atom stereocenters. The second-order valence-corrected chi connectivity index (χ2v) is 4.25. The zero-order valence-corrected chi connectivity index (χ0v) is 10.5. The number of nitrogen functional groups attached to an aromatic ring is 1. The van der Waals surface area contributed by atoms with E-state index in [9.17, 15) is 9.18 Å². The molecule has 19 heavy (non-hydrogen) atoms. The average molecular weight is 259 g/mol. The number of halogens is 1. The van der Waals surface area contributed by atoms with E-state index in [1.807, 2.05) is 0 Å². The molecular formula is C15H14FNO2. The molecule has 2 aromatic carbocycles. The molecule has 2 aromatic rings. The van der Waals surface area contributed by atoms with Crippen molar-refractivity contribution in [3.63, 3.8) is 0 Å². The second kappa shape index (κ2) is 5.52. The topological polar surface area (TPSA) is 52.3 Å². The van der Waals surface area contributed by atoms with Gasteiger partial charge in [0.25, 0.3) is 0 Å². The maximum Gasteiger partial charge on any atom is 0.340 e. The largest absolute Gasteiger partial charge is 0.457 e. The molecule has 0 amide bonds. The Balaban J connectivity index is 2.10. The third kappa shape index (κ3) is 3.10. The molecule has 0 heterocycles. The van der Waals surface area contributed by atoms with Crippen molar-refractivity contribution in [3.05, 3.63) is 65.0 Å². The maximum absolute atomic E-state index is 13.0. The summed E-state index contributed by atoms with van der Waals surface area (Å²) >= 11 is 0. The Kier molecular flexibility index (Phi) is 3.80. The minimum atomic E-state index is -0.500. The summed E-state index contributed by atoms with van der Waals surface area (Å²) in [5, 5.41) is 0. The highest BCUT2D eigenvalue weighted by Gasteiger charge is 2.14. The summed E-state index contributed by atoms with van der Waals surface area (Å²) in [4.78, 5) is 11.9. The van der Waals surface area contributed by atoms with Crippen molar-refractivity contribution in [3.8, 4) is 0 Å². The molecule has 0 aliphatic heterocycles. The molecule has 0 radical (unpaired) electrons. The van der Waals surface area contributed by atoms with Crippen LogP contribution in [-0.2, 0) is 11.3 Å². The molecule has 4 heteroatoms. The third-order valence-electron chi connectivity index (χ3n) is 2.77. The van der Waals surface area contributed by atoms with Gasteiger partial charge in [-0.2, -0.15) is 0 Å². The molecular weight excluding hydrogens is 245 g/mol. The van der Waals surface area contributed by atoms with E-state index in [1.165, 1.54) is 12.1 Å². The van der Waals surface area contributed by atoms with E-state index < -0.39 is 5.97 Å². The van der Waals surface area contributed by atoms with Gasteiger partial charge in [-0.05, 0) is 36.2 Å². The number of carbonyl (C=O) groups excluding carboxylic acids is 1. The van der Waals surface area contributed by atoms with Crippen LogP contribution in [0.1, 0.15) is 21.5 Å². The summed E-state index contributed by atoms with van der Waals surface area (Å²) in [6.45, 7) is 1.81. The summed E-state index contributed by atoms with van der Waals surface area (Å²) < 4.78 is 18.1. The van der Waals surface area contributed by atoms with Gasteiger partial charge in [0.05, 0.1) is 5.56 Å². The molecule has 0 aliphatic carbocycles. The number of anilines is 1. The number of esters is 1. The highest BCUT2D eigenvalue weighted by atomic mass is 19.1. The average Bonchev–Trinajstić information content (AvgIpc) is 2.36. The van der Waals surface area contributed by atoms with E-state index in [2.05, 4.69) is 0 Å². The number of nitrogens with two attached hydrogens (primary N) is 1. The Hall–Kier alpha value is -2.36. The van der Waals surface area contributed by atoms with Crippen LogP contribution in [0.3, 0.4) is 0 Å². The lowest BCUT2D eigenvalue weighted by atomic mass is 10.1. The molecule has 0 spiro atoms. The van der Waals surface area contributed by atoms with Gasteiger partial charge in [-0.25, -0.2) is 9.18 Å². The normalized spacial score (nSPS) is 10.2. The minimum Gasteiger partial charge on any atom is -0.457 e. The fraction of sp³-hybridized carbons (Fsp3) is 0.133. The van der Waals surface area contributed by atoms with E-state index in [1.54, 1.807) is 37.3 Å². The monoisotopic (exact) mass is 259 g/mol. The quantitative estimate of drug-likeness (QED) is 0.680. The number of carbonyl (C=O) groups is 1. The van der Waals surface area contributed by atoms with Crippen molar-refractivity contribution >= 4 is 11.7 Å². The smallest absolute Gasteiger partial charge is 0.340 e. The van der Waals surface area contributed by atoms with Crippen molar-refractivity contribution < 1.29 is 13.9 Å². The van der Waals surface area contributed by atoms with Gasteiger partial charge < -0.3 is 10.5 Å². The van der Waals surface area contributed by atoms with Gasteiger partial charge in [-0.1, -0.05) is 24.3 Å². The minimum absolute atomic E-state index is 0.0182. The van der Waals surface area contributed by atoms with Crippen LogP contribution in [0.25, 0.3) is 0 Å². The Morgan fingerprint density at radius 1 is 1.26 bits per heavy atom. The molecule has 2 N–H and O–H groups in total. The van der Waals surface area contributed by atoms with Crippen LogP contribution in [-0.4, -0.2) is 5.97 Å².